The van der Waals surface area contributed by atoms with Crippen LogP contribution in [0.4, 0.5) is 0 Å². The van der Waals surface area contributed by atoms with E-state index in [1.807, 2.05) is 38.1 Å². The van der Waals surface area contributed by atoms with Crippen molar-refractivity contribution in [1.82, 2.24) is 5.32 Å². The Hall–Kier alpha value is -1.75. The molecule has 5 heteroatoms. The Morgan fingerprint density at radius 1 is 1.40 bits per heavy atom. The number of carboxylic acid groups (broad SMARTS) is 1. The highest BCUT2D eigenvalue weighted by molar-refractivity contribution is 5.73. The van der Waals surface area contributed by atoms with E-state index in [4.69, 9.17) is 9.47 Å². The molecule has 2 rings (SSSR count). The lowest BCUT2D eigenvalue weighted by atomic mass is 10.0. The van der Waals surface area contributed by atoms with Gasteiger partial charge in [0.25, 0.3) is 0 Å². The summed E-state index contributed by atoms with van der Waals surface area (Å²) in [6.45, 7) is 4.90. The Labute approximate surface area is 118 Å². The van der Waals surface area contributed by atoms with Crippen molar-refractivity contribution in [3.05, 3.63) is 24.3 Å². The predicted molar refractivity (Wildman–Crippen MR) is 75.2 cm³/mol. The van der Waals surface area contributed by atoms with Crippen molar-refractivity contribution in [2.75, 3.05) is 13.2 Å². The fourth-order valence-electron chi connectivity index (χ4n) is 2.18. The molecule has 0 aliphatic carbocycles. The third kappa shape index (κ3) is 3.87. The standard InChI is InChI=1S/C15H21NO4/c1-10(2)7-12(15(17)18)16-8-11-9-19-13-5-3-4-6-14(13)20-11/h3-6,10-12,16H,7-9H2,1-2H3,(H,17,18). The molecule has 0 saturated carbocycles. The van der Waals surface area contributed by atoms with Crippen LogP contribution in [0.25, 0.3) is 0 Å². The third-order valence-corrected chi connectivity index (χ3v) is 3.16. The second-order valence-corrected chi connectivity index (χ2v) is 5.43. The first-order chi connectivity index (χ1) is 9.56. The number of fused-ring (bicyclic) bond motifs is 1. The van der Waals surface area contributed by atoms with Crippen molar-refractivity contribution in [3.8, 4) is 11.5 Å². The van der Waals surface area contributed by atoms with E-state index in [2.05, 4.69) is 5.32 Å². The van der Waals surface area contributed by atoms with Gasteiger partial charge < -0.3 is 19.9 Å². The van der Waals surface area contributed by atoms with Crippen LogP contribution in [-0.2, 0) is 4.79 Å². The van der Waals surface area contributed by atoms with Crippen LogP contribution in [-0.4, -0.2) is 36.4 Å². The van der Waals surface area contributed by atoms with Crippen LogP contribution < -0.4 is 14.8 Å². The van der Waals surface area contributed by atoms with Crippen molar-refractivity contribution < 1.29 is 19.4 Å². The normalized spacial score (nSPS) is 18.9. The Bertz CT molecular complexity index is 461. The molecular formula is C15H21NO4. The number of hydrogen-bond acceptors (Lipinski definition) is 4. The largest absolute Gasteiger partial charge is 0.486 e. The smallest absolute Gasteiger partial charge is 0.320 e. The summed E-state index contributed by atoms with van der Waals surface area (Å²) in [5.41, 5.74) is 0. The van der Waals surface area contributed by atoms with Crippen LogP contribution in [0.3, 0.4) is 0 Å². The zero-order valence-corrected chi connectivity index (χ0v) is 11.8. The first kappa shape index (κ1) is 14.7. The molecule has 1 aromatic carbocycles. The first-order valence-electron chi connectivity index (χ1n) is 6.91. The molecule has 1 aromatic rings. The summed E-state index contributed by atoms with van der Waals surface area (Å²) in [5, 5.41) is 12.2. The van der Waals surface area contributed by atoms with Gasteiger partial charge in [-0.1, -0.05) is 26.0 Å². The van der Waals surface area contributed by atoms with Crippen LogP contribution in [0.2, 0.25) is 0 Å². The quantitative estimate of drug-likeness (QED) is 0.832. The Kier molecular flexibility index (Phi) is 4.84. The molecule has 0 bridgehead atoms. The molecule has 0 aromatic heterocycles. The molecule has 110 valence electrons. The summed E-state index contributed by atoms with van der Waals surface area (Å²) >= 11 is 0. The summed E-state index contributed by atoms with van der Waals surface area (Å²) in [6.07, 6.45) is 0.429. The number of aliphatic carboxylic acids is 1. The van der Waals surface area contributed by atoms with Gasteiger partial charge in [0, 0.05) is 6.54 Å². The maximum atomic E-state index is 11.2. The van der Waals surface area contributed by atoms with Crippen LogP contribution in [0.15, 0.2) is 24.3 Å². The van der Waals surface area contributed by atoms with E-state index in [9.17, 15) is 9.90 Å². The van der Waals surface area contributed by atoms with Crippen LogP contribution in [0.1, 0.15) is 20.3 Å². The molecule has 1 heterocycles. The number of carbonyl (C=O) groups is 1. The van der Waals surface area contributed by atoms with Gasteiger partial charge in [0.1, 0.15) is 18.8 Å². The lowest BCUT2D eigenvalue weighted by molar-refractivity contribution is -0.140. The molecular weight excluding hydrogens is 258 g/mol. The van der Waals surface area contributed by atoms with Gasteiger partial charge in [-0.25, -0.2) is 0 Å². The number of rotatable bonds is 6. The molecule has 20 heavy (non-hydrogen) atoms. The first-order valence-corrected chi connectivity index (χ1v) is 6.91. The molecule has 2 atom stereocenters. The van der Waals surface area contributed by atoms with Gasteiger partial charge in [-0.2, -0.15) is 0 Å². The Morgan fingerprint density at radius 2 is 2.10 bits per heavy atom. The Balaban J connectivity index is 1.87. The second-order valence-electron chi connectivity index (χ2n) is 5.43. The van der Waals surface area contributed by atoms with E-state index in [0.717, 1.165) is 5.75 Å². The predicted octanol–water partition coefficient (Wildman–Crippen LogP) is 1.92. The molecule has 0 saturated heterocycles. The van der Waals surface area contributed by atoms with Gasteiger partial charge in [0.15, 0.2) is 11.5 Å². The van der Waals surface area contributed by atoms with E-state index in [1.165, 1.54) is 0 Å². The minimum Gasteiger partial charge on any atom is -0.486 e. The maximum Gasteiger partial charge on any atom is 0.320 e. The van der Waals surface area contributed by atoms with Crippen molar-refractivity contribution in [2.24, 2.45) is 5.92 Å². The number of hydrogen-bond donors (Lipinski definition) is 2. The van der Waals surface area contributed by atoms with E-state index < -0.39 is 12.0 Å². The summed E-state index contributed by atoms with van der Waals surface area (Å²) in [5.74, 6) is 0.950. The van der Waals surface area contributed by atoms with Gasteiger partial charge in [-0.05, 0) is 24.5 Å². The molecule has 0 amide bonds. The summed E-state index contributed by atoms with van der Waals surface area (Å²) in [7, 11) is 0. The lowest BCUT2D eigenvalue weighted by Crippen LogP contribution is -2.45. The molecule has 1 aliphatic heterocycles. The number of benzene rings is 1. The average Bonchev–Trinajstić information content (AvgIpc) is 2.42. The monoisotopic (exact) mass is 279 g/mol. The van der Waals surface area contributed by atoms with Crippen molar-refractivity contribution >= 4 is 5.97 Å². The molecule has 2 N–H and O–H groups in total. The van der Waals surface area contributed by atoms with Crippen LogP contribution in [0.5, 0.6) is 11.5 Å². The molecule has 1 aliphatic rings. The van der Waals surface area contributed by atoms with Crippen molar-refractivity contribution in [1.29, 1.82) is 0 Å². The van der Waals surface area contributed by atoms with Gasteiger partial charge in [-0.15, -0.1) is 0 Å². The van der Waals surface area contributed by atoms with Crippen molar-refractivity contribution in [3.63, 3.8) is 0 Å². The third-order valence-electron chi connectivity index (χ3n) is 3.16. The van der Waals surface area contributed by atoms with Crippen molar-refractivity contribution in [2.45, 2.75) is 32.4 Å². The molecule has 0 spiro atoms. The Morgan fingerprint density at radius 3 is 2.75 bits per heavy atom. The SMILES string of the molecule is CC(C)CC(NCC1COc2ccccc2O1)C(=O)O. The van der Waals surface area contributed by atoms with Crippen LogP contribution in [0, 0.1) is 5.92 Å². The molecule has 0 fully saturated rings. The zero-order chi connectivity index (χ0) is 14.5. The minimum absolute atomic E-state index is 0.168. The van der Waals surface area contributed by atoms with Gasteiger partial charge in [-0.3, -0.25) is 4.79 Å². The topological polar surface area (TPSA) is 67.8 Å². The lowest BCUT2D eigenvalue weighted by Gasteiger charge is -2.28. The molecule has 5 nitrogen and oxygen atoms in total. The van der Waals surface area contributed by atoms with Gasteiger partial charge in [0.2, 0.25) is 0 Å². The molecule has 0 radical (unpaired) electrons. The number of nitrogens with one attached hydrogen (secondary N) is 1. The van der Waals surface area contributed by atoms with E-state index in [1.54, 1.807) is 0 Å². The fourth-order valence-corrected chi connectivity index (χ4v) is 2.18. The summed E-state index contributed by atoms with van der Waals surface area (Å²) in [4.78, 5) is 11.2. The summed E-state index contributed by atoms with van der Waals surface area (Å²) < 4.78 is 11.4. The zero-order valence-electron chi connectivity index (χ0n) is 11.8. The van der Waals surface area contributed by atoms with Gasteiger partial charge >= 0.3 is 5.97 Å². The number of ether oxygens (including phenoxy) is 2. The van der Waals surface area contributed by atoms with Gasteiger partial charge in [0.05, 0.1) is 0 Å². The number of carboxylic acids is 1. The summed E-state index contributed by atoms with van der Waals surface area (Å²) in [6, 6.07) is 6.94. The van der Waals surface area contributed by atoms with E-state index in [0.29, 0.717) is 31.2 Å². The second kappa shape index (κ2) is 6.61. The highest BCUT2D eigenvalue weighted by atomic mass is 16.6. The minimum atomic E-state index is -0.823. The number of para-hydroxylation sites is 2. The average molecular weight is 279 g/mol. The maximum absolute atomic E-state index is 11.2. The molecule has 2 unspecified atom stereocenters. The fraction of sp³-hybridized carbons (Fsp3) is 0.533. The van der Waals surface area contributed by atoms with Crippen LogP contribution >= 0.6 is 0 Å². The van der Waals surface area contributed by atoms with E-state index in [-0.39, 0.29) is 6.10 Å². The highest BCUT2D eigenvalue weighted by Crippen LogP contribution is 2.30. The highest BCUT2D eigenvalue weighted by Gasteiger charge is 2.24. The van der Waals surface area contributed by atoms with E-state index >= 15 is 0 Å².